The van der Waals surface area contributed by atoms with Crippen LogP contribution in [0.1, 0.15) is 45.1 Å². The number of halogens is 3. The molecule has 7 nitrogen and oxygen atoms in total. The number of ketones is 2. The van der Waals surface area contributed by atoms with E-state index in [2.05, 4.69) is 4.98 Å². The third-order valence-electron chi connectivity index (χ3n) is 12.0. The Morgan fingerprint density at radius 1 is 1.17 bits per heavy atom. The summed E-state index contributed by atoms with van der Waals surface area (Å²) in [6.45, 7) is 4.32. The molecule has 2 heterocycles. The topological polar surface area (TPSA) is 92.9 Å². The summed E-state index contributed by atoms with van der Waals surface area (Å²) in [5.41, 5.74) is -3.75. The van der Waals surface area contributed by atoms with E-state index in [-0.39, 0.29) is 48.1 Å². The van der Waals surface area contributed by atoms with Crippen LogP contribution in [0.2, 0.25) is 5.02 Å². The SMILES string of the molecule is C[C@]12C=CC(=O)CC1=C(F)C[C@H]1[C@@H]3C[C@H]4CN(Cc5ccc(Cl)cc5)O[C@@]4(C(=O)CSc4nc5ccccc5o4)[C@@]3(C)C[C@H](O)[C@@]12F. The van der Waals surface area contributed by atoms with Crippen LogP contribution in [0, 0.1) is 28.6 Å². The average molecular weight is 681 g/mol. The molecule has 246 valence electrons. The molecular weight excluding hydrogens is 646 g/mol. The highest BCUT2D eigenvalue weighted by Gasteiger charge is 2.79. The van der Waals surface area contributed by atoms with Crippen molar-refractivity contribution in [2.75, 3.05) is 12.3 Å². The van der Waals surface area contributed by atoms with Gasteiger partial charge in [0.1, 0.15) is 11.3 Å². The lowest BCUT2D eigenvalue weighted by Gasteiger charge is -2.62. The average Bonchev–Trinajstić information content (AvgIpc) is 3.69. The second kappa shape index (κ2) is 10.8. The molecule has 1 N–H and O–H groups in total. The number of hydrogen-bond acceptors (Lipinski definition) is 8. The largest absolute Gasteiger partial charge is 0.431 e. The Balaban J connectivity index is 1.17. The van der Waals surface area contributed by atoms with Crippen LogP contribution in [0.5, 0.6) is 0 Å². The first-order chi connectivity index (χ1) is 22.4. The summed E-state index contributed by atoms with van der Waals surface area (Å²) >= 11 is 7.30. The van der Waals surface area contributed by atoms with Crippen LogP contribution in [0.15, 0.2) is 81.7 Å². The molecule has 1 saturated heterocycles. The number of aliphatic hydroxyl groups is 1. The number of rotatable bonds is 6. The summed E-state index contributed by atoms with van der Waals surface area (Å²) in [5.74, 6) is -2.70. The summed E-state index contributed by atoms with van der Waals surface area (Å²) < 4.78 is 39.7. The number of carbonyl (C=O) groups excluding carboxylic acids is 2. The van der Waals surface area contributed by atoms with Crippen molar-refractivity contribution in [2.24, 2.45) is 28.6 Å². The van der Waals surface area contributed by atoms with Gasteiger partial charge in [-0.05, 0) is 67.2 Å². The number of Topliss-reactive ketones (excluding diaryl/α,β-unsaturated/α-hetero) is 1. The van der Waals surface area contributed by atoms with Gasteiger partial charge in [0, 0.05) is 53.6 Å². The van der Waals surface area contributed by atoms with Crippen molar-refractivity contribution in [1.29, 1.82) is 0 Å². The van der Waals surface area contributed by atoms with Crippen molar-refractivity contribution < 1.29 is 32.7 Å². The molecule has 4 aliphatic carbocycles. The van der Waals surface area contributed by atoms with E-state index in [1.807, 2.05) is 43.3 Å². The van der Waals surface area contributed by atoms with Gasteiger partial charge < -0.3 is 9.52 Å². The van der Waals surface area contributed by atoms with Crippen molar-refractivity contribution in [3.8, 4) is 0 Å². The van der Waals surface area contributed by atoms with E-state index in [4.69, 9.17) is 20.9 Å². The summed E-state index contributed by atoms with van der Waals surface area (Å²) in [6, 6.07) is 14.8. The number of hydrogen-bond donors (Lipinski definition) is 1. The van der Waals surface area contributed by atoms with Crippen LogP contribution in [-0.4, -0.2) is 56.4 Å². The Labute approximate surface area is 280 Å². The number of oxazole rings is 1. The van der Waals surface area contributed by atoms with Gasteiger partial charge in [-0.2, -0.15) is 5.06 Å². The van der Waals surface area contributed by atoms with E-state index in [9.17, 15) is 14.7 Å². The van der Waals surface area contributed by atoms with Gasteiger partial charge in [0.2, 0.25) is 0 Å². The van der Waals surface area contributed by atoms with Gasteiger partial charge >= 0.3 is 0 Å². The van der Waals surface area contributed by atoms with E-state index in [0.29, 0.717) is 40.9 Å². The minimum absolute atomic E-state index is 0.0110. The Morgan fingerprint density at radius 3 is 2.70 bits per heavy atom. The van der Waals surface area contributed by atoms with Crippen molar-refractivity contribution >= 4 is 46.0 Å². The number of para-hydroxylation sites is 2. The number of thioether (sulfide) groups is 1. The van der Waals surface area contributed by atoms with Crippen LogP contribution >= 0.6 is 23.4 Å². The summed E-state index contributed by atoms with van der Waals surface area (Å²) in [7, 11) is 0. The second-order valence-electron chi connectivity index (χ2n) is 14.3. The lowest BCUT2D eigenvalue weighted by atomic mass is 9.45. The number of alkyl halides is 1. The van der Waals surface area contributed by atoms with Gasteiger partial charge in [-0.3, -0.25) is 14.4 Å². The molecule has 8 atom stereocenters. The van der Waals surface area contributed by atoms with Gasteiger partial charge in [-0.25, -0.2) is 13.8 Å². The smallest absolute Gasteiger partial charge is 0.257 e. The monoisotopic (exact) mass is 680 g/mol. The fourth-order valence-electron chi connectivity index (χ4n) is 9.83. The summed E-state index contributed by atoms with van der Waals surface area (Å²) in [4.78, 5) is 38.3. The molecule has 47 heavy (non-hydrogen) atoms. The maximum atomic E-state index is 17.8. The normalized spacial score (nSPS) is 38.0. The molecule has 1 aliphatic heterocycles. The summed E-state index contributed by atoms with van der Waals surface area (Å²) in [5, 5.41) is 14.7. The molecule has 0 amide bonds. The fraction of sp³-hybridized carbons (Fsp3) is 0.472. The number of carbonyl (C=O) groups is 2. The Bertz CT molecular complexity index is 1830. The Kier molecular flexibility index (Phi) is 7.22. The molecule has 0 unspecified atom stereocenters. The third-order valence-corrected chi connectivity index (χ3v) is 13.1. The standard InChI is InChI=1S/C36H35ClF2N2O5S/c1-33-12-11-23(42)14-26(33)27(38)15-25-24-13-21-18-41(17-20-7-9-22(37)10-8-20)46-36(21,34(24,2)16-30(43)35(25,33)39)31(44)19-47-32-40-28-5-3-4-6-29(28)45-32/h3-12,21,24-25,30,43H,13-19H2,1-2H3/t21-,24-,25-,30-,33-,34-,35-,36-/m0/s1. The molecule has 5 aliphatic rings. The van der Waals surface area contributed by atoms with Crippen molar-refractivity contribution in [1.82, 2.24) is 10.0 Å². The molecule has 0 radical (unpaired) electrons. The highest BCUT2D eigenvalue weighted by molar-refractivity contribution is 7.99. The van der Waals surface area contributed by atoms with Crippen LogP contribution < -0.4 is 0 Å². The van der Waals surface area contributed by atoms with Gasteiger partial charge in [0.25, 0.3) is 5.22 Å². The molecule has 2 aromatic carbocycles. The highest BCUT2D eigenvalue weighted by atomic mass is 35.5. The first kappa shape index (κ1) is 31.4. The molecule has 2 saturated carbocycles. The number of aromatic nitrogens is 1. The predicted molar refractivity (Wildman–Crippen MR) is 173 cm³/mol. The van der Waals surface area contributed by atoms with Gasteiger partial charge in [0.05, 0.1) is 11.9 Å². The van der Waals surface area contributed by atoms with E-state index >= 15 is 8.78 Å². The zero-order chi connectivity index (χ0) is 32.9. The van der Waals surface area contributed by atoms with E-state index < -0.39 is 45.9 Å². The third kappa shape index (κ3) is 4.37. The van der Waals surface area contributed by atoms with Gasteiger partial charge in [-0.1, -0.05) is 60.6 Å². The van der Waals surface area contributed by atoms with Gasteiger partial charge in [-0.15, -0.1) is 0 Å². The van der Waals surface area contributed by atoms with Crippen molar-refractivity contribution in [2.45, 2.75) is 68.7 Å². The Hall–Kier alpha value is -2.89. The van der Waals surface area contributed by atoms with Crippen molar-refractivity contribution in [3.05, 3.63) is 82.7 Å². The van der Waals surface area contributed by atoms with E-state index in [0.717, 1.165) is 5.56 Å². The maximum Gasteiger partial charge on any atom is 0.257 e. The molecule has 11 heteroatoms. The zero-order valence-corrected chi connectivity index (χ0v) is 27.6. The molecule has 8 rings (SSSR count). The number of hydroxylamine groups is 2. The minimum Gasteiger partial charge on any atom is -0.431 e. The summed E-state index contributed by atoms with van der Waals surface area (Å²) in [6.07, 6.45) is 1.18. The van der Waals surface area contributed by atoms with E-state index in [1.165, 1.54) is 23.9 Å². The van der Waals surface area contributed by atoms with E-state index in [1.54, 1.807) is 24.1 Å². The second-order valence-corrected chi connectivity index (χ2v) is 15.6. The molecule has 3 fully saturated rings. The first-order valence-electron chi connectivity index (χ1n) is 16.1. The predicted octanol–water partition coefficient (Wildman–Crippen LogP) is 7.22. The number of aliphatic hydroxyl groups excluding tert-OH is 1. The van der Waals surface area contributed by atoms with Gasteiger partial charge in [0.15, 0.2) is 28.4 Å². The quantitative estimate of drug-likeness (QED) is 0.273. The van der Waals surface area contributed by atoms with Crippen LogP contribution in [-0.2, 0) is 21.0 Å². The number of benzene rings is 2. The van der Waals surface area contributed by atoms with Crippen LogP contribution in [0.4, 0.5) is 8.78 Å². The number of allylic oxidation sites excluding steroid dienone is 4. The van der Waals surface area contributed by atoms with Crippen molar-refractivity contribution in [3.63, 3.8) is 0 Å². The number of nitrogens with zero attached hydrogens (tertiary/aromatic N) is 2. The minimum atomic E-state index is -2.22. The van der Waals surface area contributed by atoms with Crippen LogP contribution in [0.25, 0.3) is 11.1 Å². The number of fused-ring (bicyclic) bond motifs is 8. The Morgan fingerprint density at radius 2 is 1.94 bits per heavy atom. The fourth-order valence-corrected chi connectivity index (χ4v) is 10.7. The lowest BCUT2D eigenvalue weighted by molar-refractivity contribution is -0.265. The van der Waals surface area contributed by atoms with Crippen LogP contribution in [0.3, 0.4) is 0 Å². The maximum absolute atomic E-state index is 17.8. The molecular formula is C36H35ClF2N2O5S. The molecule has 0 spiro atoms. The lowest BCUT2D eigenvalue weighted by Crippen LogP contribution is -2.69. The highest BCUT2D eigenvalue weighted by Crippen LogP contribution is 2.73. The zero-order valence-electron chi connectivity index (χ0n) is 26.0. The molecule has 0 bridgehead atoms. The molecule has 3 aromatic rings. The molecule has 1 aromatic heterocycles. The first-order valence-corrected chi connectivity index (χ1v) is 17.4.